The Bertz CT molecular complexity index is 1180. The smallest absolute Gasteiger partial charge is 0.329 e. The second-order valence-corrected chi connectivity index (χ2v) is 7.32. The van der Waals surface area contributed by atoms with Crippen molar-refractivity contribution in [2.45, 2.75) is 6.92 Å². The first kappa shape index (κ1) is 23.5. The van der Waals surface area contributed by atoms with Crippen LogP contribution in [0.1, 0.15) is 11.1 Å². The number of amides is 3. The molecule has 3 amide bonds. The normalized spacial score (nSPS) is 10.5. The molecule has 0 atom stereocenters. The summed E-state index contributed by atoms with van der Waals surface area (Å²) in [6, 6.07) is 20.7. The maximum absolute atomic E-state index is 12.1. The van der Waals surface area contributed by atoms with Crippen LogP contribution in [0.5, 0.6) is 5.75 Å². The molecule has 0 aliphatic carbocycles. The number of nitrogens with one attached hydrogen (secondary N) is 3. The van der Waals surface area contributed by atoms with Crippen molar-refractivity contribution in [2.75, 3.05) is 17.2 Å². The first-order chi connectivity index (χ1) is 15.9. The molecule has 33 heavy (non-hydrogen) atoms. The molecule has 9 heteroatoms. The predicted octanol–water partition coefficient (Wildman–Crippen LogP) is 3.75. The van der Waals surface area contributed by atoms with Crippen LogP contribution in [0.2, 0.25) is 5.02 Å². The molecule has 168 valence electrons. The molecule has 3 rings (SSSR count). The molecular formula is C24H21ClN4O4. The van der Waals surface area contributed by atoms with Crippen molar-refractivity contribution in [1.29, 1.82) is 0 Å². The molecule has 0 radical (unpaired) electrons. The third-order valence-electron chi connectivity index (χ3n) is 4.27. The Morgan fingerprint density at radius 2 is 1.70 bits per heavy atom. The zero-order valence-electron chi connectivity index (χ0n) is 17.7. The summed E-state index contributed by atoms with van der Waals surface area (Å²) in [7, 11) is 0. The van der Waals surface area contributed by atoms with Gasteiger partial charge < -0.3 is 15.4 Å². The van der Waals surface area contributed by atoms with E-state index in [2.05, 4.69) is 21.2 Å². The van der Waals surface area contributed by atoms with Crippen molar-refractivity contribution < 1.29 is 19.1 Å². The fourth-order valence-corrected chi connectivity index (χ4v) is 2.81. The number of hydrogen-bond donors (Lipinski definition) is 3. The number of benzene rings is 3. The molecule has 0 unspecified atom stereocenters. The second kappa shape index (κ2) is 11.4. The summed E-state index contributed by atoms with van der Waals surface area (Å²) >= 11 is 5.95. The highest BCUT2D eigenvalue weighted by Crippen LogP contribution is 2.20. The van der Waals surface area contributed by atoms with Crippen LogP contribution < -0.4 is 20.8 Å². The molecule has 0 aliphatic rings. The van der Waals surface area contributed by atoms with Gasteiger partial charge in [-0.15, -0.1) is 0 Å². The second-order valence-electron chi connectivity index (χ2n) is 6.91. The van der Waals surface area contributed by atoms with Crippen LogP contribution in [0.25, 0.3) is 0 Å². The van der Waals surface area contributed by atoms with E-state index in [4.69, 9.17) is 16.3 Å². The molecule has 0 bridgehead atoms. The van der Waals surface area contributed by atoms with Gasteiger partial charge in [0.2, 0.25) is 0 Å². The molecule has 3 N–H and O–H groups in total. The number of rotatable bonds is 7. The summed E-state index contributed by atoms with van der Waals surface area (Å²) in [5.41, 5.74) is 4.84. The van der Waals surface area contributed by atoms with Crippen LogP contribution in [0.4, 0.5) is 11.4 Å². The Hall–Kier alpha value is -4.17. The lowest BCUT2D eigenvalue weighted by Crippen LogP contribution is -2.32. The number of nitrogens with zero attached hydrogens (tertiary/aromatic N) is 1. The van der Waals surface area contributed by atoms with E-state index >= 15 is 0 Å². The fraction of sp³-hybridized carbons (Fsp3) is 0.0833. The standard InChI is InChI=1S/C24H21ClN4O4/c1-16-9-11-18(12-10-16)27-22(30)15-33-19-6-4-5-17(13-19)14-26-29-24(32)23(31)28-21-8-3-2-7-20(21)25/h2-14H,15H2,1H3,(H,27,30)(H,28,31)(H,29,32)/b26-14-. The molecule has 0 heterocycles. The van der Waals surface area contributed by atoms with Crippen molar-refractivity contribution in [3.63, 3.8) is 0 Å². The summed E-state index contributed by atoms with van der Waals surface area (Å²) in [5, 5.41) is 9.23. The van der Waals surface area contributed by atoms with Crippen LogP contribution in [0, 0.1) is 6.92 Å². The van der Waals surface area contributed by atoms with Crippen LogP contribution in [0.15, 0.2) is 77.9 Å². The number of carbonyl (C=O) groups is 3. The van der Waals surface area contributed by atoms with E-state index in [0.717, 1.165) is 5.56 Å². The highest BCUT2D eigenvalue weighted by molar-refractivity contribution is 6.41. The van der Waals surface area contributed by atoms with E-state index in [1.165, 1.54) is 6.21 Å². The van der Waals surface area contributed by atoms with E-state index in [9.17, 15) is 14.4 Å². The Balaban J connectivity index is 1.48. The molecular weight excluding hydrogens is 444 g/mol. The minimum Gasteiger partial charge on any atom is -0.484 e. The maximum Gasteiger partial charge on any atom is 0.329 e. The summed E-state index contributed by atoms with van der Waals surface area (Å²) in [5.74, 6) is -1.71. The van der Waals surface area contributed by atoms with E-state index in [0.29, 0.717) is 27.7 Å². The number of para-hydroxylation sites is 1. The molecule has 0 fully saturated rings. The highest BCUT2D eigenvalue weighted by atomic mass is 35.5. The Kier molecular flexibility index (Phi) is 8.15. The summed E-state index contributed by atoms with van der Waals surface area (Å²) in [6.07, 6.45) is 1.35. The van der Waals surface area contributed by atoms with Gasteiger partial charge in [0.1, 0.15) is 5.75 Å². The number of anilines is 2. The lowest BCUT2D eigenvalue weighted by molar-refractivity contribution is -0.136. The molecule has 8 nitrogen and oxygen atoms in total. The first-order valence-corrected chi connectivity index (χ1v) is 10.3. The number of halogens is 1. The van der Waals surface area contributed by atoms with Crippen LogP contribution in [0.3, 0.4) is 0 Å². The van der Waals surface area contributed by atoms with Gasteiger partial charge in [0, 0.05) is 5.69 Å². The molecule has 0 saturated heterocycles. The number of hydrazone groups is 1. The minimum absolute atomic E-state index is 0.173. The van der Waals surface area contributed by atoms with Gasteiger partial charge in [-0.25, -0.2) is 5.43 Å². The average molecular weight is 465 g/mol. The van der Waals surface area contributed by atoms with Crippen molar-refractivity contribution in [2.24, 2.45) is 5.10 Å². The van der Waals surface area contributed by atoms with Crippen molar-refractivity contribution in [1.82, 2.24) is 5.43 Å². The zero-order valence-corrected chi connectivity index (χ0v) is 18.4. The number of hydrogen-bond acceptors (Lipinski definition) is 5. The maximum atomic E-state index is 12.1. The first-order valence-electron chi connectivity index (χ1n) is 9.89. The molecule has 3 aromatic carbocycles. The van der Waals surface area contributed by atoms with E-state index in [1.54, 1.807) is 48.5 Å². The Labute approximate surface area is 195 Å². The Morgan fingerprint density at radius 1 is 0.939 bits per heavy atom. The molecule has 0 saturated carbocycles. The number of carbonyl (C=O) groups excluding carboxylic acids is 3. The zero-order chi connectivity index (χ0) is 23.6. The van der Waals surface area contributed by atoms with Gasteiger partial charge in [-0.05, 0) is 48.9 Å². The third kappa shape index (κ3) is 7.48. The summed E-state index contributed by atoms with van der Waals surface area (Å²) in [6.45, 7) is 1.79. The SMILES string of the molecule is Cc1ccc(NC(=O)COc2cccc(/C=N\NC(=O)C(=O)Nc3ccccc3Cl)c2)cc1. The number of aryl methyl sites for hydroxylation is 1. The summed E-state index contributed by atoms with van der Waals surface area (Å²) in [4.78, 5) is 35.9. The molecule has 0 aliphatic heterocycles. The quantitative estimate of drug-likeness (QED) is 0.281. The third-order valence-corrected chi connectivity index (χ3v) is 4.60. The predicted molar refractivity (Wildman–Crippen MR) is 128 cm³/mol. The van der Waals surface area contributed by atoms with Crippen LogP contribution >= 0.6 is 11.6 Å². The molecule has 3 aromatic rings. The fourth-order valence-electron chi connectivity index (χ4n) is 2.63. The van der Waals surface area contributed by atoms with Gasteiger partial charge in [-0.1, -0.05) is 53.6 Å². The van der Waals surface area contributed by atoms with Crippen molar-refractivity contribution >= 4 is 46.9 Å². The topological polar surface area (TPSA) is 109 Å². The van der Waals surface area contributed by atoms with E-state index in [-0.39, 0.29) is 12.5 Å². The van der Waals surface area contributed by atoms with E-state index in [1.807, 2.05) is 31.2 Å². The van der Waals surface area contributed by atoms with Gasteiger partial charge in [-0.2, -0.15) is 5.10 Å². The monoisotopic (exact) mass is 464 g/mol. The number of ether oxygens (including phenoxy) is 1. The minimum atomic E-state index is -0.952. The van der Waals surface area contributed by atoms with E-state index < -0.39 is 11.8 Å². The van der Waals surface area contributed by atoms with Crippen molar-refractivity contribution in [3.05, 3.63) is 88.9 Å². The average Bonchev–Trinajstić information content (AvgIpc) is 2.81. The van der Waals surface area contributed by atoms with Gasteiger partial charge in [0.25, 0.3) is 5.91 Å². The van der Waals surface area contributed by atoms with Crippen molar-refractivity contribution in [3.8, 4) is 5.75 Å². The van der Waals surface area contributed by atoms with Gasteiger partial charge >= 0.3 is 11.8 Å². The largest absolute Gasteiger partial charge is 0.484 e. The van der Waals surface area contributed by atoms with Crippen LogP contribution in [-0.4, -0.2) is 30.5 Å². The highest BCUT2D eigenvalue weighted by Gasteiger charge is 2.14. The summed E-state index contributed by atoms with van der Waals surface area (Å²) < 4.78 is 5.51. The van der Waals surface area contributed by atoms with Gasteiger partial charge in [-0.3, -0.25) is 14.4 Å². The van der Waals surface area contributed by atoms with Gasteiger partial charge in [0.05, 0.1) is 16.9 Å². The van der Waals surface area contributed by atoms with Crippen LogP contribution in [-0.2, 0) is 14.4 Å². The molecule has 0 spiro atoms. The Morgan fingerprint density at radius 3 is 2.45 bits per heavy atom. The van der Waals surface area contributed by atoms with Gasteiger partial charge in [0.15, 0.2) is 6.61 Å². The molecule has 0 aromatic heterocycles. The lowest BCUT2D eigenvalue weighted by atomic mass is 10.2. The lowest BCUT2D eigenvalue weighted by Gasteiger charge is -2.08.